The summed E-state index contributed by atoms with van der Waals surface area (Å²) in [5.41, 5.74) is 7.45. The molecule has 1 fully saturated rings. The van der Waals surface area contributed by atoms with Crippen molar-refractivity contribution in [3.05, 3.63) is 65.7 Å². The molecule has 1 aliphatic heterocycles. The zero-order chi connectivity index (χ0) is 20.7. The van der Waals surface area contributed by atoms with Crippen LogP contribution in [0.5, 0.6) is 5.75 Å². The topological polar surface area (TPSA) is 84.7 Å². The molecule has 0 aromatic heterocycles. The molecule has 1 saturated heterocycles. The summed E-state index contributed by atoms with van der Waals surface area (Å²) < 4.78 is 5.32. The number of nitrogens with two attached hydrogens (primary N) is 1. The Balaban J connectivity index is 1.54. The second-order valence-corrected chi connectivity index (χ2v) is 7.83. The Hall–Kier alpha value is -3.02. The first-order valence-corrected chi connectivity index (χ1v) is 10.0. The molecule has 2 aromatic carbocycles. The first-order valence-electron chi connectivity index (χ1n) is 10.0. The lowest BCUT2D eigenvalue weighted by Gasteiger charge is -2.29. The van der Waals surface area contributed by atoms with E-state index in [1.54, 1.807) is 12.1 Å². The standard InChI is InChI=1S/C23H29N3O3/c1-23(19-8-3-2-4-9-19)11-6-13-26(14-12-23)22(28)25-16-18-7-5-10-20(15-18)29-17-21(24)27/h2-5,7-10,15H,6,11-14,16-17H2,1H3,(H2,24,27)(H,25,28). The van der Waals surface area contributed by atoms with Crippen LogP contribution in [0.3, 0.4) is 0 Å². The lowest BCUT2D eigenvalue weighted by atomic mass is 9.76. The second kappa shape index (κ2) is 9.45. The molecule has 1 unspecified atom stereocenters. The number of ether oxygens (including phenoxy) is 1. The summed E-state index contributed by atoms with van der Waals surface area (Å²) >= 11 is 0. The van der Waals surface area contributed by atoms with Crippen molar-refractivity contribution in [1.82, 2.24) is 10.2 Å². The van der Waals surface area contributed by atoms with Crippen LogP contribution >= 0.6 is 0 Å². The van der Waals surface area contributed by atoms with Gasteiger partial charge in [-0.1, -0.05) is 49.4 Å². The van der Waals surface area contributed by atoms with Crippen LogP contribution in [0.4, 0.5) is 4.79 Å². The number of carbonyl (C=O) groups is 2. The van der Waals surface area contributed by atoms with Crippen molar-refractivity contribution in [3.63, 3.8) is 0 Å². The van der Waals surface area contributed by atoms with E-state index in [1.807, 2.05) is 23.1 Å². The number of likely N-dealkylation sites (tertiary alicyclic amines) is 1. The Morgan fingerprint density at radius 3 is 2.66 bits per heavy atom. The van der Waals surface area contributed by atoms with Gasteiger partial charge in [-0.2, -0.15) is 0 Å². The maximum atomic E-state index is 12.7. The van der Waals surface area contributed by atoms with E-state index in [9.17, 15) is 9.59 Å². The molecule has 154 valence electrons. The average molecular weight is 396 g/mol. The van der Waals surface area contributed by atoms with Crippen molar-refractivity contribution in [2.24, 2.45) is 5.73 Å². The fraction of sp³-hybridized carbons (Fsp3) is 0.391. The normalized spacial score (nSPS) is 19.3. The third-order valence-corrected chi connectivity index (χ3v) is 5.57. The Morgan fingerprint density at radius 2 is 1.90 bits per heavy atom. The summed E-state index contributed by atoms with van der Waals surface area (Å²) in [6.45, 7) is 4.03. The Kier molecular flexibility index (Phi) is 6.75. The van der Waals surface area contributed by atoms with Crippen molar-refractivity contribution in [2.75, 3.05) is 19.7 Å². The monoisotopic (exact) mass is 395 g/mol. The summed E-state index contributed by atoms with van der Waals surface area (Å²) in [6, 6.07) is 17.8. The molecule has 0 aliphatic carbocycles. The van der Waals surface area contributed by atoms with Gasteiger partial charge in [0.15, 0.2) is 6.61 Å². The molecule has 3 N–H and O–H groups in total. The minimum Gasteiger partial charge on any atom is -0.484 e. The van der Waals surface area contributed by atoms with Crippen molar-refractivity contribution in [2.45, 2.75) is 38.1 Å². The fourth-order valence-electron chi connectivity index (χ4n) is 3.80. The predicted octanol–water partition coefficient (Wildman–Crippen LogP) is 3.20. The molecule has 1 atom stereocenters. The third kappa shape index (κ3) is 5.73. The van der Waals surface area contributed by atoms with Gasteiger partial charge in [-0.3, -0.25) is 4.79 Å². The molecule has 0 bridgehead atoms. The minimum atomic E-state index is -0.521. The molecular weight excluding hydrogens is 366 g/mol. The zero-order valence-corrected chi connectivity index (χ0v) is 16.9. The van der Waals surface area contributed by atoms with E-state index in [4.69, 9.17) is 10.5 Å². The van der Waals surface area contributed by atoms with Gasteiger partial charge < -0.3 is 20.7 Å². The average Bonchev–Trinajstić information content (AvgIpc) is 2.94. The Bertz CT molecular complexity index is 840. The van der Waals surface area contributed by atoms with E-state index >= 15 is 0 Å². The number of rotatable bonds is 6. The molecule has 6 nitrogen and oxygen atoms in total. The second-order valence-electron chi connectivity index (χ2n) is 7.83. The molecule has 1 heterocycles. The van der Waals surface area contributed by atoms with E-state index in [1.165, 1.54) is 5.56 Å². The highest BCUT2D eigenvalue weighted by atomic mass is 16.5. The quantitative estimate of drug-likeness (QED) is 0.788. The highest BCUT2D eigenvalue weighted by molar-refractivity contribution is 5.75. The van der Waals surface area contributed by atoms with Gasteiger partial charge in [0.2, 0.25) is 0 Å². The number of carbonyl (C=O) groups excluding carboxylic acids is 2. The molecule has 29 heavy (non-hydrogen) atoms. The van der Waals surface area contributed by atoms with E-state index < -0.39 is 5.91 Å². The van der Waals surface area contributed by atoms with Gasteiger partial charge in [-0.05, 0) is 47.9 Å². The van der Waals surface area contributed by atoms with E-state index in [-0.39, 0.29) is 18.1 Å². The highest BCUT2D eigenvalue weighted by Gasteiger charge is 2.30. The third-order valence-electron chi connectivity index (χ3n) is 5.57. The van der Waals surface area contributed by atoms with Crippen LogP contribution in [0.15, 0.2) is 54.6 Å². The van der Waals surface area contributed by atoms with Crippen molar-refractivity contribution < 1.29 is 14.3 Å². The van der Waals surface area contributed by atoms with Gasteiger partial charge in [-0.25, -0.2) is 4.79 Å². The molecule has 3 rings (SSSR count). The van der Waals surface area contributed by atoms with Crippen molar-refractivity contribution >= 4 is 11.9 Å². The Morgan fingerprint density at radius 1 is 1.10 bits per heavy atom. The van der Waals surface area contributed by atoms with Crippen LogP contribution in [0.1, 0.15) is 37.3 Å². The Labute approximate surface area is 172 Å². The van der Waals surface area contributed by atoms with Crippen molar-refractivity contribution in [3.8, 4) is 5.75 Å². The molecular formula is C23H29N3O3. The van der Waals surface area contributed by atoms with Crippen LogP contribution < -0.4 is 15.8 Å². The minimum absolute atomic E-state index is 0.0502. The molecule has 0 radical (unpaired) electrons. The lowest BCUT2D eigenvalue weighted by molar-refractivity contribution is -0.119. The summed E-state index contributed by atoms with van der Waals surface area (Å²) in [4.78, 5) is 25.4. The number of amides is 3. The highest BCUT2D eigenvalue weighted by Crippen LogP contribution is 2.34. The fourth-order valence-corrected chi connectivity index (χ4v) is 3.80. The van der Waals surface area contributed by atoms with E-state index in [0.29, 0.717) is 12.3 Å². The van der Waals surface area contributed by atoms with Gasteiger partial charge >= 0.3 is 6.03 Å². The smallest absolute Gasteiger partial charge is 0.317 e. The molecule has 3 amide bonds. The number of primary amides is 1. The molecule has 0 spiro atoms. The van der Waals surface area contributed by atoms with E-state index in [0.717, 1.165) is 37.9 Å². The number of nitrogens with zero attached hydrogens (tertiary/aromatic N) is 1. The van der Waals surface area contributed by atoms with Crippen LogP contribution in [-0.2, 0) is 16.8 Å². The van der Waals surface area contributed by atoms with E-state index in [2.05, 4.69) is 36.5 Å². The lowest BCUT2D eigenvalue weighted by Crippen LogP contribution is -2.40. The number of benzene rings is 2. The van der Waals surface area contributed by atoms with Gasteiger partial charge in [-0.15, -0.1) is 0 Å². The van der Waals surface area contributed by atoms with Gasteiger partial charge in [0, 0.05) is 19.6 Å². The molecule has 2 aromatic rings. The van der Waals surface area contributed by atoms with Crippen LogP contribution in [0.2, 0.25) is 0 Å². The maximum Gasteiger partial charge on any atom is 0.317 e. The van der Waals surface area contributed by atoms with Crippen LogP contribution in [0.25, 0.3) is 0 Å². The van der Waals surface area contributed by atoms with Gasteiger partial charge in [0.1, 0.15) is 5.75 Å². The number of nitrogens with one attached hydrogen (secondary N) is 1. The molecule has 1 aliphatic rings. The molecule has 6 heteroatoms. The maximum absolute atomic E-state index is 12.7. The number of hydrogen-bond acceptors (Lipinski definition) is 3. The summed E-state index contributed by atoms with van der Waals surface area (Å²) in [7, 11) is 0. The first-order chi connectivity index (χ1) is 14.0. The van der Waals surface area contributed by atoms with Crippen molar-refractivity contribution in [1.29, 1.82) is 0 Å². The summed E-state index contributed by atoms with van der Waals surface area (Å²) in [5.74, 6) is 0.0383. The van der Waals surface area contributed by atoms with Gasteiger partial charge in [0.25, 0.3) is 5.91 Å². The van der Waals surface area contributed by atoms with Crippen LogP contribution in [-0.4, -0.2) is 36.5 Å². The SMILES string of the molecule is CC1(c2ccccc2)CCCN(C(=O)NCc2cccc(OCC(N)=O)c2)CC1. The summed E-state index contributed by atoms with van der Waals surface area (Å²) in [6.07, 6.45) is 3.00. The number of hydrogen-bond donors (Lipinski definition) is 2. The first kappa shape index (κ1) is 20.7. The van der Waals surface area contributed by atoms with Crippen LogP contribution in [0, 0.1) is 0 Å². The molecule has 0 saturated carbocycles. The number of urea groups is 1. The van der Waals surface area contributed by atoms with Gasteiger partial charge in [0.05, 0.1) is 0 Å². The largest absolute Gasteiger partial charge is 0.484 e. The zero-order valence-electron chi connectivity index (χ0n) is 16.9. The predicted molar refractivity (Wildman–Crippen MR) is 113 cm³/mol. The summed E-state index contributed by atoms with van der Waals surface area (Å²) in [5, 5.41) is 3.00.